The van der Waals surface area contributed by atoms with Gasteiger partial charge < -0.3 is 9.47 Å². The Labute approximate surface area is 146 Å². The molecule has 0 radical (unpaired) electrons. The molecular weight excluding hydrogens is 408 g/mol. The zero-order valence-corrected chi connectivity index (χ0v) is 14.6. The Morgan fingerprint density at radius 3 is 2.83 bits per heavy atom. The van der Waals surface area contributed by atoms with E-state index in [-0.39, 0.29) is 11.4 Å². The van der Waals surface area contributed by atoms with Crippen LogP contribution in [-0.4, -0.2) is 27.8 Å². The predicted octanol–water partition coefficient (Wildman–Crippen LogP) is 3.60. The van der Waals surface area contributed by atoms with Gasteiger partial charge in [-0.2, -0.15) is 13.8 Å². The molecule has 0 fully saturated rings. The molecule has 0 N–H and O–H groups in total. The number of hydrogen-bond donors (Lipinski definition) is 0. The highest BCUT2D eigenvalue weighted by molar-refractivity contribution is 9.10. The molecule has 24 heavy (non-hydrogen) atoms. The van der Waals surface area contributed by atoms with Crippen LogP contribution < -0.4 is 15.0 Å². The fourth-order valence-electron chi connectivity index (χ4n) is 2.03. The van der Waals surface area contributed by atoms with Gasteiger partial charge in [0.2, 0.25) is 5.88 Å². The highest BCUT2D eigenvalue weighted by Gasteiger charge is 2.15. The molecule has 0 amide bonds. The minimum atomic E-state index is -2.96. The Morgan fingerprint density at radius 2 is 2.21 bits per heavy atom. The van der Waals surface area contributed by atoms with Crippen molar-refractivity contribution in [1.82, 2.24) is 14.5 Å². The Bertz CT molecular complexity index is 927. The van der Waals surface area contributed by atoms with Crippen LogP contribution >= 0.6 is 27.3 Å². The van der Waals surface area contributed by atoms with E-state index in [9.17, 15) is 13.6 Å². The molecule has 0 atom stereocenters. The summed E-state index contributed by atoms with van der Waals surface area (Å²) in [5.74, 6) is -0.235. The number of rotatable bonds is 5. The van der Waals surface area contributed by atoms with Crippen molar-refractivity contribution in [2.45, 2.75) is 13.5 Å². The van der Waals surface area contributed by atoms with Gasteiger partial charge in [-0.25, -0.2) is 4.98 Å². The Hall–Kier alpha value is -2.07. The number of halogens is 3. The lowest BCUT2D eigenvalue weighted by molar-refractivity contribution is -0.0528. The molecule has 0 aliphatic heterocycles. The third-order valence-electron chi connectivity index (χ3n) is 2.95. The lowest BCUT2D eigenvalue weighted by atomic mass is 10.3. The molecule has 0 aromatic carbocycles. The van der Waals surface area contributed by atoms with E-state index >= 15 is 0 Å². The van der Waals surface area contributed by atoms with Gasteiger partial charge in [0, 0.05) is 6.07 Å². The summed E-state index contributed by atoms with van der Waals surface area (Å²) in [6, 6.07) is 4.38. The van der Waals surface area contributed by atoms with Crippen LogP contribution in [0.1, 0.15) is 6.92 Å². The second-order valence-corrected chi connectivity index (χ2v) is 6.31. The van der Waals surface area contributed by atoms with Crippen LogP contribution in [0.5, 0.6) is 11.1 Å². The maximum atomic E-state index is 12.5. The van der Waals surface area contributed by atoms with Gasteiger partial charge >= 0.3 is 6.61 Å². The van der Waals surface area contributed by atoms with Gasteiger partial charge in [-0.15, -0.1) is 0 Å². The van der Waals surface area contributed by atoms with Crippen molar-refractivity contribution >= 4 is 37.6 Å². The Kier molecular flexibility index (Phi) is 4.76. The SMILES string of the molecule is CCOc1nc2c(cc(Br)c(=O)n2-c2ccc(OC(F)F)nc2)s1. The van der Waals surface area contributed by atoms with Gasteiger partial charge in [0.15, 0.2) is 5.65 Å². The molecule has 3 rings (SSSR count). The average Bonchev–Trinajstić information content (AvgIpc) is 2.91. The second kappa shape index (κ2) is 6.81. The summed E-state index contributed by atoms with van der Waals surface area (Å²) in [7, 11) is 0. The lowest BCUT2D eigenvalue weighted by Gasteiger charge is -2.08. The van der Waals surface area contributed by atoms with Crippen LogP contribution in [0.4, 0.5) is 8.78 Å². The van der Waals surface area contributed by atoms with Gasteiger partial charge in [-0.05, 0) is 35.0 Å². The van der Waals surface area contributed by atoms with Crippen molar-refractivity contribution in [2.75, 3.05) is 6.61 Å². The van der Waals surface area contributed by atoms with Crippen molar-refractivity contribution in [2.24, 2.45) is 0 Å². The van der Waals surface area contributed by atoms with Crippen molar-refractivity contribution in [3.63, 3.8) is 0 Å². The topological polar surface area (TPSA) is 66.2 Å². The molecule has 0 saturated carbocycles. The first kappa shape index (κ1) is 16.8. The van der Waals surface area contributed by atoms with Crippen molar-refractivity contribution in [3.8, 4) is 16.8 Å². The maximum absolute atomic E-state index is 12.5. The first-order chi connectivity index (χ1) is 11.5. The van der Waals surface area contributed by atoms with Gasteiger partial charge in [0.1, 0.15) is 0 Å². The van der Waals surface area contributed by atoms with Crippen LogP contribution in [0, 0.1) is 0 Å². The van der Waals surface area contributed by atoms with Gasteiger partial charge in [-0.1, -0.05) is 11.3 Å². The molecule has 3 aromatic heterocycles. The van der Waals surface area contributed by atoms with E-state index in [2.05, 4.69) is 30.6 Å². The van der Waals surface area contributed by atoms with Crippen LogP contribution in [0.25, 0.3) is 16.0 Å². The van der Waals surface area contributed by atoms with Crippen LogP contribution in [0.3, 0.4) is 0 Å². The smallest absolute Gasteiger partial charge is 0.388 e. The number of pyridine rings is 2. The van der Waals surface area contributed by atoms with Crippen LogP contribution in [-0.2, 0) is 0 Å². The molecule has 126 valence electrons. The summed E-state index contributed by atoms with van der Waals surface area (Å²) < 4.78 is 36.4. The van der Waals surface area contributed by atoms with E-state index in [0.29, 0.717) is 27.6 Å². The molecule has 0 bridgehead atoms. The summed E-state index contributed by atoms with van der Waals surface area (Å²) in [4.78, 5) is 20.6. The standard InChI is InChI=1S/C14H10BrF2N3O3S/c1-2-22-14-19-11-9(24-14)5-8(15)12(21)20(11)7-3-4-10(18-6-7)23-13(16)17/h3-6,13H,2H2,1H3. The summed E-state index contributed by atoms with van der Waals surface area (Å²) in [5, 5.41) is 0.435. The Balaban J connectivity index is 2.13. The molecule has 0 unspecified atom stereocenters. The predicted molar refractivity (Wildman–Crippen MR) is 88.5 cm³/mol. The molecule has 0 aliphatic carbocycles. The van der Waals surface area contributed by atoms with E-state index in [1.807, 2.05) is 6.92 Å². The van der Waals surface area contributed by atoms with E-state index in [4.69, 9.17) is 4.74 Å². The van der Waals surface area contributed by atoms with E-state index < -0.39 is 6.61 Å². The molecule has 3 aromatic rings. The summed E-state index contributed by atoms with van der Waals surface area (Å²) in [6.07, 6.45) is 1.27. The first-order valence-corrected chi connectivity index (χ1v) is 8.36. The highest BCUT2D eigenvalue weighted by atomic mass is 79.9. The number of fused-ring (bicyclic) bond motifs is 1. The minimum Gasteiger partial charge on any atom is -0.470 e. The van der Waals surface area contributed by atoms with Crippen molar-refractivity contribution in [1.29, 1.82) is 0 Å². The zero-order chi connectivity index (χ0) is 17.3. The number of alkyl halides is 2. The maximum Gasteiger partial charge on any atom is 0.388 e. The quantitative estimate of drug-likeness (QED) is 0.634. The van der Waals surface area contributed by atoms with E-state index in [1.54, 1.807) is 6.07 Å². The number of aromatic nitrogens is 3. The third kappa shape index (κ3) is 3.24. The Morgan fingerprint density at radius 1 is 1.42 bits per heavy atom. The fraction of sp³-hybridized carbons (Fsp3) is 0.214. The van der Waals surface area contributed by atoms with E-state index in [0.717, 1.165) is 4.70 Å². The number of hydrogen-bond acceptors (Lipinski definition) is 6. The molecular formula is C14H10BrF2N3O3S. The van der Waals surface area contributed by atoms with Gasteiger partial charge in [0.05, 0.1) is 27.7 Å². The second-order valence-electron chi connectivity index (χ2n) is 4.47. The zero-order valence-electron chi connectivity index (χ0n) is 12.2. The van der Waals surface area contributed by atoms with Crippen LogP contribution in [0.15, 0.2) is 33.7 Å². The summed E-state index contributed by atoms with van der Waals surface area (Å²) in [6.45, 7) is -0.677. The molecule has 3 heterocycles. The van der Waals surface area contributed by atoms with Gasteiger partial charge in [-0.3, -0.25) is 9.36 Å². The third-order valence-corrected chi connectivity index (χ3v) is 4.42. The lowest BCUT2D eigenvalue weighted by Crippen LogP contribution is -2.19. The molecule has 0 spiro atoms. The minimum absolute atomic E-state index is 0.235. The average molecular weight is 418 g/mol. The summed E-state index contributed by atoms with van der Waals surface area (Å²) >= 11 is 4.52. The van der Waals surface area contributed by atoms with Gasteiger partial charge in [0.25, 0.3) is 10.8 Å². The normalized spacial score (nSPS) is 11.2. The fourth-order valence-corrected chi connectivity index (χ4v) is 3.49. The largest absolute Gasteiger partial charge is 0.470 e. The first-order valence-electron chi connectivity index (χ1n) is 6.75. The molecule has 0 saturated heterocycles. The van der Waals surface area contributed by atoms with Crippen molar-refractivity contribution < 1.29 is 18.3 Å². The van der Waals surface area contributed by atoms with E-state index in [1.165, 1.54) is 34.2 Å². The molecule has 10 heteroatoms. The molecule has 0 aliphatic rings. The van der Waals surface area contributed by atoms with Crippen molar-refractivity contribution in [3.05, 3.63) is 39.2 Å². The summed E-state index contributed by atoms with van der Waals surface area (Å²) in [5.41, 5.74) is 0.433. The van der Waals surface area contributed by atoms with Crippen LogP contribution in [0.2, 0.25) is 0 Å². The number of thiazole rings is 1. The number of ether oxygens (including phenoxy) is 2. The molecule has 6 nitrogen and oxygen atoms in total. The highest BCUT2D eigenvalue weighted by Crippen LogP contribution is 2.30. The number of nitrogens with zero attached hydrogens (tertiary/aromatic N) is 3. The monoisotopic (exact) mass is 417 g/mol.